The minimum atomic E-state index is -0.508. The van der Waals surface area contributed by atoms with E-state index in [1.807, 2.05) is 39.8 Å². The summed E-state index contributed by atoms with van der Waals surface area (Å²) >= 11 is 6.20. The summed E-state index contributed by atoms with van der Waals surface area (Å²) in [6.45, 7) is 10.4. The van der Waals surface area contributed by atoms with Crippen LogP contribution >= 0.6 is 11.6 Å². The minimum absolute atomic E-state index is 0.106. The second-order valence-corrected chi connectivity index (χ2v) is 7.98. The highest BCUT2D eigenvalue weighted by Gasteiger charge is 2.39. The molecule has 1 aliphatic heterocycles. The van der Waals surface area contributed by atoms with Crippen LogP contribution in [0.15, 0.2) is 12.1 Å². The Kier molecular flexibility index (Phi) is 4.24. The van der Waals surface area contributed by atoms with Crippen molar-refractivity contribution in [2.24, 2.45) is 5.92 Å². The summed E-state index contributed by atoms with van der Waals surface area (Å²) in [6.07, 6.45) is 0.646. The zero-order valence-corrected chi connectivity index (χ0v) is 15.6. The Labute approximate surface area is 147 Å². The van der Waals surface area contributed by atoms with E-state index in [-0.39, 0.29) is 12.1 Å². The van der Waals surface area contributed by atoms with Crippen LogP contribution in [0.4, 0.5) is 4.79 Å². The molecule has 24 heavy (non-hydrogen) atoms. The Morgan fingerprint density at radius 1 is 1.42 bits per heavy atom. The molecule has 1 fully saturated rings. The molecule has 2 aromatic rings. The fourth-order valence-corrected chi connectivity index (χ4v) is 3.39. The van der Waals surface area contributed by atoms with E-state index < -0.39 is 5.60 Å². The number of imidazole rings is 1. The van der Waals surface area contributed by atoms with Crippen molar-refractivity contribution in [3.63, 3.8) is 0 Å². The van der Waals surface area contributed by atoms with Gasteiger partial charge in [0, 0.05) is 11.6 Å². The third-order valence-electron chi connectivity index (χ3n) is 4.47. The number of likely N-dealkylation sites (tertiary alicyclic amines) is 1. The lowest BCUT2D eigenvalue weighted by Crippen LogP contribution is -2.37. The first-order chi connectivity index (χ1) is 11.2. The van der Waals surface area contributed by atoms with Crippen LogP contribution in [0, 0.1) is 12.8 Å². The number of carbonyl (C=O) groups excluding carboxylic acids is 1. The number of ether oxygens (including phenoxy) is 1. The molecule has 3 rings (SSSR count). The summed E-state index contributed by atoms with van der Waals surface area (Å²) in [7, 11) is 0. The van der Waals surface area contributed by atoms with E-state index in [1.54, 1.807) is 4.90 Å². The number of carbonyl (C=O) groups is 1. The van der Waals surface area contributed by atoms with E-state index >= 15 is 0 Å². The molecule has 0 radical (unpaired) electrons. The monoisotopic (exact) mass is 349 g/mol. The number of benzene rings is 1. The van der Waals surface area contributed by atoms with E-state index in [9.17, 15) is 4.79 Å². The number of aromatic nitrogens is 2. The standard InChI is InChI=1S/C18H24ClN3O2/c1-10-8-9-22(17(23)24-18(3,4)5)15(10)16-20-13-7-6-12(19)11(2)14(13)21-16/h6-7,10,15H,8-9H2,1-5H3,(H,20,21)/t10-,15-/m0/s1. The van der Waals surface area contributed by atoms with Crippen LogP contribution in [-0.2, 0) is 4.74 Å². The second kappa shape index (κ2) is 5.96. The first-order valence-electron chi connectivity index (χ1n) is 8.31. The van der Waals surface area contributed by atoms with Crippen molar-refractivity contribution in [1.82, 2.24) is 14.9 Å². The molecular weight excluding hydrogens is 326 g/mol. The largest absolute Gasteiger partial charge is 0.444 e. The number of nitrogens with zero attached hydrogens (tertiary/aromatic N) is 2. The molecule has 0 spiro atoms. The van der Waals surface area contributed by atoms with Crippen LogP contribution in [0.3, 0.4) is 0 Å². The average Bonchev–Trinajstić information content (AvgIpc) is 3.04. The predicted molar refractivity (Wildman–Crippen MR) is 95.3 cm³/mol. The predicted octanol–water partition coefficient (Wildman–Crippen LogP) is 4.84. The Morgan fingerprint density at radius 2 is 2.12 bits per heavy atom. The molecule has 2 heterocycles. The number of aryl methyl sites for hydroxylation is 1. The van der Waals surface area contributed by atoms with Crippen molar-refractivity contribution in [1.29, 1.82) is 0 Å². The van der Waals surface area contributed by atoms with Gasteiger partial charge in [0.05, 0.1) is 17.1 Å². The highest BCUT2D eigenvalue weighted by Crippen LogP contribution is 2.38. The molecule has 6 heteroatoms. The van der Waals surface area contributed by atoms with Crippen LogP contribution in [-0.4, -0.2) is 33.1 Å². The van der Waals surface area contributed by atoms with Crippen LogP contribution in [0.1, 0.15) is 51.5 Å². The molecule has 0 bridgehead atoms. The van der Waals surface area contributed by atoms with Gasteiger partial charge in [-0.05, 0) is 57.7 Å². The maximum absolute atomic E-state index is 12.6. The lowest BCUT2D eigenvalue weighted by atomic mass is 10.0. The van der Waals surface area contributed by atoms with Gasteiger partial charge in [-0.25, -0.2) is 9.78 Å². The fourth-order valence-electron chi connectivity index (χ4n) is 3.24. The maximum atomic E-state index is 12.6. The van der Waals surface area contributed by atoms with Crippen LogP contribution in [0.25, 0.3) is 11.0 Å². The van der Waals surface area contributed by atoms with Crippen molar-refractivity contribution >= 4 is 28.7 Å². The van der Waals surface area contributed by atoms with Gasteiger partial charge in [0.25, 0.3) is 0 Å². The lowest BCUT2D eigenvalue weighted by molar-refractivity contribution is 0.0202. The van der Waals surface area contributed by atoms with E-state index in [2.05, 4.69) is 11.9 Å². The Hall–Kier alpha value is -1.75. The van der Waals surface area contributed by atoms with E-state index in [4.69, 9.17) is 21.3 Å². The number of fused-ring (bicyclic) bond motifs is 1. The van der Waals surface area contributed by atoms with Gasteiger partial charge >= 0.3 is 6.09 Å². The molecule has 1 aromatic carbocycles. The SMILES string of the molecule is Cc1c(Cl)ccc2[nH]c([C@@H]3[C@@H](C)CCN3C(=O)OC(C)(C)C)nc12. The van der Waals surface area contributed by atoms with Gasteiger partial charge in [-0.15, -0.1) is 0 Å². The fraction of sp³-hybridized carbons (Fsp3) is 0.556. The Bertz CT molecular complexity index is 778. The number of aromatic amines is 1. The van der Waals surface area contributed by atoms with Crippen LogP contribution in [0.5, 0.6) is 0 Å². The number of hydrogen-bond acceptors (Lipinski definition) is 3. The molecule has 2 atom stereocenters. The summed E-state index contributed by atoms with van der Waals surface area (Å²) in [5.41, 5.74) is 2.24. The maximum Gasteiger partial charge on any atom is 0.410 e. The van der Waals surface area contributed by atoms with Gasteiger partial charge in [-0.1, -0.05) is 18.5 Å². The topological polar surface area (TPSA) is 58.2 Å². The first-order valence-corrected chi connectivity index (χ1v) is 8.69. The van der Waals surface area contributed by atoms with Crippen molar-refractivity contribution in [2.75, 3.05) is 6.54 Å². The average molecular weight is 350 g/mol. The first kappa shape index (κ1) is 17.1. The van der Waals surface area contributed by atoms with Gasteiger partial charge in [0.1, 0.15) is 11.4 Å². The third-order valence-corrected chi connectivity index (χ3v) is 4.88. The number of H-pyrrole nitrogens is 1. The molecule has 1 N–H and O–H groups in total. The van der Waals surface area contributed by atoms with Gasteiger partial charge in [0.15, 0.2) is 0 Å². The van der Waals surface area contributed by atoms with Crippen LogP contribution < -0.4 is 0 Å². The molecule has 1 saturated heterocycles. The number of hydrogen-bond donors (Lipinski definition) is 1. The van der Waals surface area contributed by atoms with Crippen molar-refractivity contribution in [3.8, 4) is 0 Å². The Balaban J connectivity index is 1.96. The molecule has 0 aliphatic carbocycles. The van der Waals surface area contributed by atoms with Crippen molar-refractivity contribution < 1.29 is 9.53 Å². The normalized spacial score (nSPS) is 21.5. The number of amides is 1. The summed E-state index contributed by atoms with van der Waals surface area (Å²) < 4.78 is 5.56. The third kappa shape index (κ3) is 3.09. The number of nitrogens with one attached hydrogen (secondary N) is 1. The lowest BCUT2D eigenvalue weighted by Gasteiger charge is -2.28. The van der Waals surface area contributed by atoms with Crippen molar-refractivity contribution in [3.05, 3.63) is 28.5 Å². The van der Waals surface area contributed by atoms with Crippen LogP contribution in [0.2, 0.25) is 5.02 Å². The highest BCUT2D eigenvalue weighted by molar-refractivity contribution is 6.32. The molecule has 0 unspecified atom stereocenters. The van der Waals surface area contributed by atoms with Gasteiger partial charge in [-0.2, -0.15) is 0 Å². The van der Waals surface area contributed by atoms with Gasteiger partial charge in [0.2, 0.25) is 0 Å². The molecule has 130 valence electrons. The smallest absolute Gasteiger partial charge is 0.410 e. The Morgan fingerprint density at radius 3 is 2.79 bits per heavy atom. The van der Waals surface area contributed by atoms with E-state index in [0.717, 1.165) is 28.8 Å². The zero-order valence-electron chi connectivity index (χ0n) is 14.8. The van der Waals surface area contributed by atoms with Gasteiger partial charge < -0.3 is 9.72 Å². The molecule has 5 nitrogen and oxygen atoms in total. The van der Waals surface area contributed by atoms with E-state index in [0.29, 0.717) is 17.5 Å². The zero-order chi connectivity index (χ0) is 17.6. The molecular formula is C18H24ClN3O2. The second-order valence-electron chi connectivity index (χ2n) is 7.58. The van der Waals surface area contributed by atoms with Crippen molar-refractivity contribution in [2.45, 2.75) is 52.7 Å². The summed E-state index contributed by atoms with van der Waals surface area (Å²) in [6, 6.07) is 3.69. The molecule has 1 amide bonds. The summed E-state index contributed by atoms with van der Waals surface area (Å²) in [4.78, 5) is 22.5. The number of halogens is 1. The summed E-state index contributed by atoms with van der Waals surface area (Å²) in [5.74, 6) is 1.11. The van der Waals surface area contributed by atoms with E-state index in [1.165, 1.54) is 0 Å². The molecule has 1 aromatic heterocycles. The minimum Gasteiger partial charge on any atom is -0.444 e. The number of rotatable bonds is 1. The molecule has 1 aliphatic rings. The van der Waals surface area contributed by atoms with Gasteiger partial charge in [-0.3, -0.25) is 4.90 Å². The molecule has 0 saturated carbocycles. The quantitative estimate of drug-likeness (QED) is 0.801. The summed E-state index contributed by atoms with van der Waals surface area (Å²) in [5, 5.41) is 0.698. The highest BCUT2D eigenvalue weighted by atomic mass is 35.5.